The smallest absolute Gasteiger partial charge is 0.203 e. The maximum absolute atomic E-state index is 5.46. The molecule has 2 aromatic carbocycles. The Hall–Kier alpha value is -3.87. The average Bonchev–Trinajstić information content (AvgIpc) is 3.28. The predicted octanol–water partition coefficient (Wildman–Crippen LogP) is 4.23. The molecule has 0 aliphatic heterocycles. The van der Waals surface area contributed by atoms with Gasteiger partial charge in [0.25, 0.3) is 0 Å². The summed E-state index contributed by atoms with van der Waals surface area (Å²) in [6.07, 6.45) is 3.60. The Kier molecular flexibility index (Phi) is 5.11. The lowest BCUT2D eigenvalue weighted by molar-refractivity contribution is 0.324. The number of pyridine rings is 1. The molecular weight excluding hydrogens is 368 g/mol. The standard InChI is InChI=1S/C22H20N4O3/c1-27-18-11-17(12-19(28-2)22(18)29-3)21-20(24-26-25-21)15-8-6-14(7-9-15)16-5-4-10-23-13-16/h4-13H,1-3H3,(H,24,25,26). The Morgan fingerprint density at radius 1 is 0.759 bits per heavy atom. The van der Waals surface area contributed by atoms with Gasteiger partial charge in [0.05, 0.1) is 27.0 Å². The molecule has 0 saturated carbocycles. The zero-order valence-electron chi connectivity index (χ0n) is 16.3. The highest BCUT2D eigenvalue weighted by Crippen LogP contribution is 2.42. The van der Waals surface area contributed by atoms with Crippen molar-refractivity contribution >= 4 is 0 Å². The van der Waals surface area contributed by atoms with Crippen molar-refractivity contribution < 1.29 is 14.2 Å². The molecule has 7 heteroatoms. The SMILES string of the molecule is COc1cc(-c2nn[nH]c2-c2ccc(-c3cccnc3)cc2)cc(OC)c1OC. The Balaban J connectivity index is 1.74. The van der Waals surface area contributed by atoms with E-state index in [9.17, 15) is 0 Å². The quantitative estimate of drug-likeness (QED) is 0.532. The third kappa shape index (κ3) is 3.50. The van der Waals surface area contributed by atoms with E-state index in [1.165, 1.54) is 0 Å². The van der Waals surface area contributed by atoms with Gasteiger partial charge in [-0.3, -0.25) is 10.1 Å². The molecule has 4 aromatic rings. The number of hydrogen-bond acceptors (Lipinski definition) is 6. The van der Waals surface area contributed by atoms with Gasteiger partial charge in [-0.1, -0.05) is 35.5 Å². The normalized spacial score (nSPS) is 10.6. The summed E-state index contributed by atoms with van der Waals surface area (Å²) in [5, 5.41) is 11.3. The molecule has 1 N–H and O–H groups in total. The van der Waals surface area contributed by atoms with Gasteiger partial charge in [0.15, 0.2) is 11.5 Å². The number of aromatic nitrogens is 4. The molecule has 0 unspecified atom stereocenters. The lowest BCUT2D eigenvalue weighted by Gasteiger charge is -2.13. The second-order valence-electron chi connectivity index (χ2n) is 6.27. The summed E-state index contributed by atoms with van der Waals surface area (Å²) in [6, 6.07) is 15.8. The molecule has 2 aromatic heterocycles. The van der Waals surface area contributed by atoms with Crippen LogP contribution in [0.15, 0.2) is 60.9 Å². The first kappa shape index (κ1) is 18.5. The molecule has 0 atom stereocenters. The van der Waals surface area contributed by atoms with Crippen molar-refractivity contribution in [1.29, 1.82) is 0 Å². The van der Waals surface area contributed by atoms with Crippen LogP contribution in [0.4, 0.5) is 0 Å². The van der Waals surface area contributed by atoms with Crippen molar-refractivity contribution in [3.8, 4) is 50.9 Å². The molecule has 0 amide bonds. The second-order valence-corrected chi connectivity index (χ2v) is 6.27. The van der Waals surface area contributed by atoms with Crippen LogP contribution in [-0.4, -0.2) is 41.7 Å². The van der Waals surface area contributed by atoms with Gasteiger partial charge < -0.3 is 14.2 Å². The Morgan fingerprint density at radius 3 is 2.03 bits per heavy atom. The molecule has 7 nitrogen and oxygen atoms in total. The van der Waals surface area contributed by atoms with E-state index in [4.69, 9.17) is 14.2 Å². The Morgan fingerprint density at radius 2 is 1.45 bits per heavy atom. The molecule has 0 spiro atoms. The van der Waals surface area contributed by atoms with Crippen molar-refractivity contribution in [1.82, 2.24) is 20.4 Å². The lowest BCUT2D eigenvalue weighted by atomic mass is 10.0. The number of H-pyrrole nitrogens is 1. The fourth-order valence-electron chi connectivity index (χ4n) is 3.21. The van der Waals surface area contributed by atoms with Gasteiger partial charge in [0.2, 0.25) is 5.75 Å². The van der Waals surface area contributed by atoms with Crippen LogP contribution >= 0.6 is 0 Å². The number of methoxy groups -OCH3 is 3. The van der Waals surface area contributed by atoms with Gasteiger partial charge in [-0.25, -0.2) is 0 Å². The molecule has 29 heavy (non-hydrogen) atoms. The highest BCUT2D eigenvalue weighted by molar-refractivity contribution is 5.81. The van der Waals surface area contributed by atoms with Crippen molar-refractivity contribution in [2.24, 2.45) is 0 Å². The fourth-order valence-corrected chi connectivity index (χ4v) is 3.21. The molecule has 0 bridgehead atoms. The minimum absolute atomic E-state index is 0.532. The summed E-state index contributed by atoms with van der Waals surface area (Å²) < 4.78 is 16.3. The first-order chi connectivity index (χ1) is 14.2. The van der Waals surface area contributed by atoms with Gasteiger partial charge >= 0.3 is 0 Å². The van der Waals surface area contributed by atoms with Crippen molar-refractivity contribution in [2.75, 3.05) is 21.3 Å². The van der Waals surface area contributed by atoms with E-state index in [2.05, 4.69) is 20.4 Å². The largest absolute Gasteiger partial charge is 0.493 e. The molecule has 0 fully saturated rings. The fraction of sp³-hybridized carbons (Fsp3) is 0.136. The van der Waals surface area contributed by atoms with Gasteiger partial charge in [0.1, 0.15) is 5.69 Å². The lowest BCUT2D eigenvalue weighted by Crippen LogP contribution is -1.96. The molecule has 2 heterocycles. The topological polar surface area (TPSA) is 82.2 Å². The molecule has 0 aliphatic rings. The number of hydrogen-bond donors (Lipinski definition) is 1. The first-order valence-electron chi connectivity index (χ1n) is 8.97. The number of aromatic amines is 1. The van der Waals surface area contributed by atoms with Crippen molar-refractivity contribution in [3.05, 3.63) is 60.9 Å². The van der Waals surface area contributed by atoms with Gasteiger partial charge in [-0.2, -0.15) is 0 Å². The number of nitrogens with one attached hydrogen (secondary N) is 1. The van der Waals surface area contributed by atoms with Gasteiger partial charge in [-0.15, -0.1) is 5.10 Å². The molecule has 4 rings (SSSR count). The highest BCUT2D eigenvalue weighted by atomic mass is 16.5. The summed E-state index contributed by atoms with van der Waals surface area (Å²) >= 11 is 0. The van der Waals surface area contributed by atoms with Crippen LogP contribution in [0.1, 0.15) is 0 Å². The number of nitrogens with zero attached hydrogens (tertiary/aromatic N) is 3. The monoisotopic (exact) mass is 388 g/mol. The predicted molar refractivity (Wildman–Crippen MR) is 110 cm³/mol. The third-order valence-corrected chi connectivity index (χ3v) is 4.66. The third-order valence-electron chi connectivity index (χ3n) is 4.66. The number of ether oxygens (including phenoxy) is 3. The van der Waals surface area contributed by atoms with E-state index in [1.807, 2.05) is 54.7 Å². The molecule has 0 aliphatic carbocycles. The Labute approximate surface area is 168 Å². The maximum Gasteiger partial charge on any atom is 0.203 e. The van der Waals surface area contributed by atoms with E-state index in [1.54, 1.807) is 27.5 Å². The summed E-state index contributed by atoms with van der Waals surface area (Å²) in [4.78, 5) is 4.17. The summed E-state index contributed by atoms with van der Waals surface area (Å²) in [5.41, 5.74) is 5.41. The second kappa shape index (κ2) is 8.02. The summed E-state index contributed by atoms with van der Waals surface area (Å²) in [7, 11) is 4.75. The van der Waals surface area contributed by atoms with Crippen LogP contribution in [0, 0.1) is 0 Å². The van der Waals surface area contributed by atoms with E-state index >= 15 is 0 Å². The van der Waals surface area contributed by atoms with Crippen LogP contribution in [-0.2, 0) is 0 Å². The molecule has 0 saturated heterocycles. The van der Waals surface area contributed by atoms with E-state index < -0.39 is 0 Å². The van der Waals surface area contributed by atoms with Gasteiger partial charge in [-0.05, 0) is 29.3 Å². The minimum atomic E-state index is 0.532. The zero-order chi connectivity index (χ0) is 20.2. The Bertz CT molecular complexity index is 1080. The molecule has 146 valence electrons. The van der Waals surface area contributed by atoms with E-state index in [0.29, 0.717) is 22.9 Å². The number of rotatable bonds is 6. The maximum atomic E-state index is 5.46. The van der Waals surface area contributed by atoms with Crippen molar-refractivity contribution in [2.45, 2.75) is 0 Å². The van der Waals surface area contributed by atoms with Crippen molar-refractivity contribution in [3.63, 3.8) is 0 Å². The summed E-state index contributed by atoms with van der Waals surface area (Å²) in [6.45, 7) is 0. The zero-order valence-corrected chi connectivity index (χ0v) is 16.3. The van der Waals surface area contributed by atoms with Crippen LogP contribution in [0.5, 0.6) is 17.2 Å². The van der Waals surface area contributed by atoms with Crippen LogP contribution in [0.25, 0.3) is 33.6 Å². The number of benzene rings is 2. The van der Waals surface area contributed by atoms with Crippen LogP contribution in [0.2, 0.25) is 0 Å². The average molecular weight is 388 g/mol. The van der Waals surface area contributed by atoms with Gasteiger partial charge in [0, 0.05) is 23.5 Å². The molecule has 0 radical (unpaired) electrons. The van der Waals surface area contributed by atoms with Crippen LogP contribution < -0.4 is 14.2 Å². The van der Waals surface area contributed by atoms with E-state index in [-0.39, 0.29) is 0 Å². The molecular formula is C22H20N4O3. The summed E-state index contributed by atoms with van der Waals surface area (Å²) in [5.74, 6) is 1.65. The van der Waals surface area contributed by atoms with E-state index in [0.717, 1.165) is 27.9 Å². The highest BCUT2D eigenvalue weighted by Gasteiger charge is 2.18. The minimum Gasteiger partial charge on any atom is -0.493 e. The first-order valence-corrected chi connectivity index (χ1v) is 8.97. The van der Waals surface area contributed by atoms with Crippen LogP contribution in [0.3, 0.4) is 0 Å².